The van der Waals surface area contributed by atoms with Crippen molar-refractivity contribution in [2.75, 3.05) is 11.4 Å². The molecule has 0 atom stereocenters. The Kier molecular flexibility index (Phi) is 3.72. The van der Waals surface area contributed by atoms with Crippen LogP contribution in [0.3, 0.4) is 0 Å². The van der Waals surface area contributed by atoms with Gasteiger partial charge in [0.05, 0.1) is 17.9 Å². The molecule has 0 radical (unpaired) electrons. The Morgan fingerprint density at radius 2 is 1.59 bits per heavy atom. The Morgan fingerprint density at radius 3 is 2.41 bits per heavy atom. The largest absolute Gasteiger partial charge is 3.00 e. The van der Waals surface area contributed by atoms with Crippen molar-refractivity contribution in [2.45, 2.75) is 0 Å². The minimum Gasteiger partial charge on any atom is -0.334 e. The smallest absolute Gasteiger partial charge is 0.334 e. The van der Waals surface area contributed by atoms with Crippen molar-refractivity contribution in [2.24, 2.45) is 4.99 Å². The molecule has 3 rings (SSSR count). The van der Waals surface area contributed by atoms with Crippen LogP contribution in [0.4, 0.5) is 17.1 Å². The number of anilines is 2. The number of nitrogens with zero attached hydrogens (tertiary/aromatic N) is 2. The summed E-state index contributed by atoms with van der Waals surface area (Å²) in [5.74, 6) is 0. The van der Waals surface area contributed by atoms with Gasteiger partial charge in [-0.1, -0.05) is 30.3 Å². The van der Waals surface area contributed by atoms with Gasteiger partial charge in [-0.15, -0.1) is 0 Å². The molecule has 0 spiro atoms. The Balaban J connectivity index is 0.00000108. The molecule has 0 unspecified atom stereocenters. The fraction of sp³-hybridized carbons (Fsp3) is 0.0714. The van der Waals surface area contributed by atoms with Gasteiger partial charge in [0.15, 0.2) is 0 Å². The monoisotopic (exact) mass is 401 g/mol. The maximum absolute atomic E-state index is 4.40. The first-order chi connectivity index (χ1) is 7.95. The van der Waals surface area contributed by atoms with E-state index in [0.717, 1.165) is 12.2 Å². The summed E-state index contributed by atoms with van der Waals surface area (Å²) in [4.78, 5) is 6.67. The molecule has 84 valence electrons. The van der Waals surface area contributed by atoms with Gasteiger partial charge in [-0.3, -0.25) is 4.99 Å². The molecule has 2 aromatic rings. The van der Waals surface area contributed by atoms with E-state index in [1.54, 1.807) is 0 Å². The molecule has 0 fully saturated rings. The molecule has 0 bridgehead atoms. The molecule has 17 heavy (non-hydrogen) atoms. The molecule has 0 aliphatic carbocycles. The zero-order valence-electron chi connectivity index (χ0n) is 9.21. The van der Waals surface area contributed by atoms with E-state index in [-0.39, 0.29) is 20.1 Å². The molecule has 0 amide bonds. The van der Waals surface area contributed by atoms with Crippen LogP contribution in [0.1, 0.15) is 0 Å². The molecule has 3 heteroatoms. The standard InChI is InChI=1S/C14H12N2.Ir/c1-2-6-12(7-3-1)16-11-10-15-13-8-4-5-9-14(13)16;/h1-10H,11H2;/q;+3. The topological polar surface area (TPSA) is 15.6 Å². The Hall–Kier alpha value is -1.44. The Bertz CT molecular complexity index is 523. The van der Waals surface area contributed by atoms with Crippen molar-refractivity contribution < 1.29 is 20.1 Å². The minimum absolute atomic E-state index is 0. The van der Waals surface area contributed by atoms with Crippen LogP contribution in [0.15, 0.2) is 59.6 Å². The van der Waals surface area contributed by atoms with Crippen LogP contribution in [-0.4, -0.2) is 12.8 Å². The molecule has 2 nitrogen and oxygen atoms in total. The van der Waals surface area contributed by atoms with Gasteiger partial charge in [0.1, 0.15) is 0 Å². The second kappa shape index (κ2) is 5.26. The van der Waals surface area contributed by atoms with Gasteiger partial charge in [0, 0.05) is 11.9 Å². The molecular formula is C14H12IrN2+3. The summed E-state index contributed by atoms with van der Waals surface area (Å²) in [5, 5.41) is 0. The van der Waals surface area contributed by atoms with Crippen LogP contribution < -0.4 is 4.90 Å². The number of benzene rings is 2. The molecule has 2 aromatic carbocycles. The van der Waals surface area contributed by atoms with Crippen LogP contribution in [0.5, 0.6) is 0 Å². The molecule has 1 aliphatic rings. The third-order valence-electron chi connectivity index (χ3n) is 2.73. The number of aliphatic imine (C=N–C) groups is 1. The van der Waals surface area contributed by atoms with Gasteiger partial charge in [0.25, 0.3) is 0 Å². The molecular weight excluding hydrogens is 388 g/mol. The SMILES string of the molecule is C1=Nc2ccccc2N(c2ccccc2)C1.[Ir+3]. The molecule has 0 saturated heterocycles. The first kappa shape index (κ1) is 12.0. The quantitative estimate of drug-likeness (QED) is 0.715. The normalized spacial score (nSPS) is 12.8. The molecule has 0 aromatic heterocycles. The van der Waals surface area contributed by atoms with Crippen LogP contribution in [0, 0.1) is 0 Å². The van der Waals surface area contributed by atoms with E-state index in [1.807, 2.05) is 24.4 Å². The summed E-state index contributed by atoms with van der Waals surface area (Å²) >= 11 is 0. The molecule has 0 N–H and O–H groups in total. The van der Waals surface area contributed by atoms with E-state index in [9.17, 15) is 0 Å². The zero-order chi connectivity index (χ0) is 10.8. The van der Waals surface area contributed by atoms with E-state index < -0.39 is 0 Å². The second-order valence-electron chi connectivity index (χ2n) is 3.75. The predicted molar refractivity (Wildman–Crippen MR) is 68.0 cm³/mol. The number of rotatable bonds is 1. The van der Waals surface area contributed by atoms with Crippen molar-refractivity contribution in [1.29, 1.82) is 0 Å². The van der Waals surface area contributed by atoms with Crippen molar-refractivity contribution in [3.8, 4) is 0 Å². The van der Waals surface area contributed by atoms with Gasteiger partial charge in [-0.2, -0.15) is 0 Å². The molecule has 1 heterocycles. The van der Waals surface area contributed by atoms with Crippen molar-refractivity contribution in [3.63, 3.8) is 0 Å². The maximum Gasteiger partial charge on any atom is 3.00 e. The van der Waals surface area contributed by atoms with Gasteiger partial charge in [-0.25, -0.2) is 0 Å². The van der Waals surface area contributed by atoms with E-state index in [2.05, 4.69) is 46.3 Å². The fourth-order valence-electron chi connectivity index (χ4n) is 1.97. The third-order valence-corrected chi connectivity index (χ3v) is 2.73. The minimum atomic E-state index is 0. The van der Waals surface area contributed by atoms with Crippen LogP contribution in [0.25, 0.3) is 0 Å². The summed E-state index contributed by atoms with van der Waals surface area (Å²) in [7, 11) is 0. The summed E-state index contributed by atoms with van der Waals surface area (Å²) in [6, 6.07) is 18.6. The van der Waals surface area contributed by atoms with E-state index in [0.29, 0.717) is 0 Å². The van der Waals surface area contributed by atoms with Gasteiger partial charge >= 0.3 is 20.1 Å². The number of hydrogen-bond acceptors (Lipinski definition) is 2. The average molecular weight is 400 g/mol. The first-order valence-electron chi connectivity index (χ1n) is 5.39. The summed E-state index contributed by atoms with van der Waals surface area (Å²) < 4.78 is 0. The summed E-state index contributed by atoms with van der Waals surface area (Å²) in [6.07, 6.45) is 1.95. The fourth-order valence-corrected chi connectivity index (χ4v) is 1.97. The molecule has 1 aliphatic heterocycles. The summed E-state index contributed by atoms with van der Waals surface area (Å²) in [5.41, 5.74) is 3.43. The number of fused-ring (bicyclic) bond motifs is 1. The van der Waals surface area contributed by atoms with Crippen molar-refractivity contribution in [3.05, 3.63) is 54.6 Å². The zero-order valence-corrected chi connectivity index (χ0v) is 11.6. The predicted octanol–water partition coefficient (Wildman–Crippen LogP) is 3.54. The van der Waals surface area contributed by atoms with Crippen LogP contribution in [-0.2, 0) is 20.1 Å². The summed E-state index contributed by atoms with van der Waals surface area (Å²) in [6.45, 7) is 0.834. The van der Waals surface area contributed by atoms with E-state index in [1.165, 1.54) is 11.4 Å². The van der Waals surface area contributed by atoms with Crippen LogP contribution >= 0.6 is 0 Å². The van der Waals surface area contributed by atoms with Crippen LogP contribution in [0.2, 0.25) is 0 Å². The van der Waals surface area contributed by atoms with Crippen molar-refractivity contribution in [1.82, 2.24) is 0 Å². The maximum atomic E-state index is 4.40. The average Bonchev–Trinajstić information content (AvgIpc) is 2.39. The first-order valence-corrected chi connectivity index (χ1v) is 5.39. The Labute approximate surface area is 114 Å². The van der Waals surface area contributed by atoms with E-state index >= 15 is 0 Å². The van der Waals surface area contributed by atoms with E-state index in [4.69, 9.17) is 0 Å². The number of para-hydroxylation sites is 3. The van der Waals surface area contributed by atoms with Crippen molar-refractivity contribution >= 4 is 23.3 Å². The van der Waals surface area contributed by atoms with Gasteiger partial charge < -0.3 is 4.90 Å². The Morgan fingerprint density at radius 1 is 0.882 bits per heavy atom. The second-order valence-corrected chi connectivity index (χ2v) is 3.75. The third kappa shape index (κ3) is 2.31. The van der Waals surface area contributed by atoms with Gasteiger partial charge in [0.2, 0.25) is 0 Å². The molecule has 0 saturated carbocycles. The number of hydrogen-bond donors (Lipinski definition) is 0. The van der Waals surface area contributed by atoms with Gasteiger partial charge in [-0.05, 0) is 24.3 Å².